The highest BCUT2D eigenvalue weighted by Gasteiger charge is 2.38. The average molecular weight is 225 g/mol. The molecule has 1 aliphatic heterocycles. The Bertz CT molecular complexity index is 261. The summed E-state index contributed by atoms with van der Waals surface area (Å²) < 4.78 is 0. The Labute approximate surface area is 97.8 Å². The fourth-order valence-corrected chi connectivity index (χ4v) is 3.27. The molecule has 1 amide bonds. The van der Waals surface area contributed by atoms with E-state index in [9.17, 15) is 9.90 Å². The van der Waals surface area contributed by atoms with Gasteiger partial charge in [-0.2, -0.15) is 0 Å². The van der Waals surface area contributed by atoms with Crippen molar-refractivity contribution in [3.8, 4) is 0 Å². The molecule has 0 radical (unpaired) electrons. The molecule has 0 aromatic carbocycles. The smallest absolute Gasteiger partial charge is 0.225 e. The van der Waals surface area contributed by atoms with Gasteiger partial charge in [-0.15, -0.1) is 0 Å². The number of carbonyl (C=O) groups excluding carboxylic acids is 1. The largest absolute Gasteiger partial charge is 0.389 e. The van der Waals surface area contributed by atoms with Crippen LogP contribution in [0.4, 0.5) is 0 Å². The van der Waals surface area contributed by atoms with Crippen molar-refractivity contribution in [2.45, 2.75) is 76.5 Å². The zero-order chi connectivity index (χ0) is 11.8. The molecule has 1 heterocycles. The Morgan fingerprint density at radius 3 is 2.25 bits per heavy atom. The number of likely N-dealkylation sites (tertiary alicyclic amines) is 1. The molecule has 16 heavy (non-hydrogen) atoms. The first-order valence-electron chi connectivity index (χ1n) is 6.55. The van der Waals surface area contributed by atoms with E-state index < -0.39 is 5.60 Å². The maximum absolute atomic E-state index is 12.2. The average Bonchev–Trinajstić information content (AvgIpc) is 2.74. The zero-order valence-corrected chi connectivity index (χ0v) is 10.4. The molecule has 1 saturated heterocycles. The monoisotopic (exact) mass is 225 g/mol. The van der Waals surface area contributed by atoms with Crippen molar-refractivity contribution in [2.75, 3.05) is 0 Å². The van der Waals surface area contributed by atoms with Crippen LogP contribution in [0.2, 0.25) is 0 Å². The Kier molecular flexibility index (Phi) is 3.24. The first kappa shape index (κ1) is 11.9. The lowest BCUT2D eigenvalue weighted by Crippen LogP contribution is -2.42. The Balaban J connectivity index is 1.97. The van der Waals surface area contributed by atoms with Crippen LogP contribution in [-0.4, -0.2) is 33.6 Å². The molecular formula is C13H23NO2. The van der Waals surface area contributed by atoms with Crippen molar-refractivity contribution in [3.05, 3.63) is 0 Å². The molecule has 2 fully saturated rings. The van der Waals surface area contributed by atoms with E-state index in [1.807, 2.05) is 4.90 Å². The SMILES string of the molecule is CC1CCC(C)N1C(=O)CC1(O)CCCC1. The predicted octanol–water partition coefficient (Wildman–Crippen LogP) is 2.08. The number of hydrogen-bond acceptors (Lipinski definition) is 2. The summed E-state index contributed by atoms with van der Waals surface area (Å²) in [6.45, 7) is 4.22. The number of carbonyl (C=O) groups is 1. The van der Waals surface area contributed by atoms with Gasteiger partial charge in [-0.3, -0.25) is 4.79 Å². The van der Waals surface area contributed by atoms with Crippen LogP contribution in [-0.2, 0) is 4.79 Å². The molecule has 2 unspecified atom stereocenters. The predicted molar refractivity (Wildman–Crippen MR) is 63.0 cm³/mol. The van der Waals surface area contributed by atoms with E-state index in [1.54, 1.807) is 0 Å². The van der Waals surface area contributed by atoms with Crippen molar-refractivity contribution in [2.24, 2.45) is 0 Å². The maximum atomic E-state index is 12.2. The number of aliphatic hydroxyl groups is 1. The first-order valence-corrected chi connectivity index (χ1v) is 6.55. The highest BCUT2D eigenvalue weighted by molar-refractivity contribution is 5.78. The van der Waals surface area contributed by atoms with Crippen molar-refractivity contribution < 1.29 is 9.90 Å². The third-order valence-corrected chi connectivity index (χ3v) is 4.25. The van der Waals surface area contributed by atoms with Gasteiger partial charge in [0.05, 0.1) is 12.0 Å². The van der Waals surface area contributed by atoms with E-state index in [2.05, 4.69) is 13.8 Å². The van der Waals surface area contributed by atoms with Crippen LogP contribution in [0.25, 0.3) is 0 Å². The maximum Gasteiger partial charge on any atom is 0.225 e. The molecule has 1 aliphatic carbocycles. The fourth-order valence-electron chi connectivity index (χ4n) is 3.27. The topological polar surface area (TPSA) is 40.5 Å². The van der Waals surface area contributed by atoms with Gasteiger partial charge in [-0.05, 0) is 39.5 Å². The molecule has 1 N–H and O–H groups in total. The molecule has 0 aromatic heterocycles. The molecule has 2 rings (SSSR count). The summed E-state index contributed by atoms with van der Waals surface area (Å²) in [5, 5.41) is 10.2. The Hall–Kier alpha value is -0.570. The van der Waals surface area contributed by atoms with Gasteiger partial charge < -0.3 is 10.0 Å². The molecule has 0 aromatic rings. The molecule has 2 atom stereocenters. The molecule has 1 saturated carbocycles. The quantitative estimate of drug-likeness (QED) is 0.781. The summed E-state index contributed by atoms with van der Waals surface area (Å²) in [6.07, 6.45) is 6.27. The van der Waals surface area contributed by atoms with Crippen LogP contribution in [0.1, 0.15) is 58.8 Å². The molecule has 0 bridgehead atoms. The molecule has 3 heteroatoms. The van der Waals surface area contributed by atoms with Crippen molar-refractivity contribution in [1.82, 2.24) is 4.90 Å². The second-order valence-electron chi connectivity index (χ2n) is 5.68. The fraction of sp³-hybridized carbons (Fsp3) is 0.923. The van der Waals surface area contributed by atoms with Gasteiger partial charge in [-0.1, -0.05) is 12.8 Å². The van der Waals surface area contributed by atoms with Crippen LogP contribution in [0.5, 0.6) is 0 Å². The second-order valence-corrected chi connectivity index (χ2v) is 5.68. The van der Waals surface area contributed by atoms with Crippen LogP contribution in [0.3, 0.4) is 0 Å². The lowest BCUT2D eigenvalue weighted by atomic mass is 9.97. The minimum Gasteiger partial charge on any atom is -0.389 e. The lowest BCUT2D eigenvalue weighted by Gasteiger charge is -2.30. The minimum absolute atomic E-state index is 0.155. The van der Waals surface area contributed by atoms with Gasteiger partial charge in [0.25, 0.3) is 0 Å². The Morgan fingerprint density at radius 2 is 1.75 bits per heavy atom. The number of amides is 1. The summed E-state index contributed by atoms with van der Waals surface area (Å²) in [7, 11) is 0. The van der Waals surface area contributed by atoms with Crippen molar-refractivity contribution in [3.63, 3.8) is 0 Å². The molecule has 92 valence electrons. The van der Waals surface area contributed by atoms with E-state index in [-0.39, 0.29) is 5.91 Å². The molecule has 0 spiro atoms. The number of nitrogens with zero attached hydrogens (tertiary/aromatic N) is 1. The first-order chi connectivity index (χ1) is 7.52. The number of rotatable bonds is 2. The van der Waals surface area contributed by atoms with E-state index >= 15 is 0 Å². The van der Waals surface area contributed by atoms with E-state index in [1.165, 1.54) is 0 Å². The third-order valence-electron chi connectivity index (χ3n) is 4.25. The van der Waals surface area contributed by atoms with Crippen LogP contribution in [0, 0.1) is 0 Å². The lowest BCUT2D eigenvalue weighted by molar-refractivity contribution is -0.138. The highest BCUT2D eigenvalue weighted by Crippen LogP contribution is 2.34. The minimum atomic E-state index is -0.695. The molecule has 3 nitrogen and oxygen atoms in total. The summed E-state index contributed by atoms with van der Waals surface area (Å²) >= 11 is 0. The number of hydrogen-bond donors (Lipinski definition) is 1. The normalized spacial score (nSPS) is 33.3. The van der Waals surface area contributed by atoms with Gasteiger partial charge in [0.1, 0.15) is 0 Å². The van der Waals surface area contributed by atoms with Crippen LogP contribution in [0.15, 0.2) is 0 Å². The summed E-state index contributed by atoms with van der Waals surface area (Å²) in [5.74, 6) is 0.155. The second kappa shape index (κ2) is 4.36. The van der Waals surface area contributed by atoms with Gasteiger partial charge >= 0.3 is 0 Å². The zero-order valence-electron chi connectivity index (χ0n) is 10.4. The van der Waals surface area contributed by atoms with Crippen LogP contribution < -0.4 is 0 Å². The standard InChI is InChI=1S/C13H23NO2/c1-10-5-6-11(2)14(10)12(15)9-13(16)7-3-4-8-13/h10-11,16H,3-9H2,1-2H3. The molecular weight excluding hydrogens is 202 g/mol. The van der Waals surface area contributed by atoms with Crippen molar-refractivity contribution in [1.29, 1.82) is 0 Å². The van der Waals surface area contributed by atoms with E-state index in [0.29, 0.717) is 18.5 Å². The van der Waals surface area contributed by atoms with Gasteiger partial charge in [0.15, 0.2) is 0 Å². The summed E-state index contributed by atoms with van der Waals surface area (Å²) in [4.78, 5) is 14.2. The van der Waals surface area contributed by atoms with E-state index in [0.717, 1.165) is 38.5 Å². The van der Waals surface area contributed by atoms with Gasteiger partial charge in [-0.25, -0.2) is 0 Å². The van der Waals surface area contributed by atoms with Gasteiger partial charge in [0.2, 0.25) is 5.91 Å². The van der Waals surface area contributed by atoms with Crippen molar-refractivity contribution >= 4 is 5.91 Å². The third kappa shape index (κ3) is 2.24. The molecule has 2 aliphatic rings. The highest BCUT2D eigenvalue weighted by atomic mass is 16.3. The van der Waals surface area contributed by atoms with E-state index in [4.69, 9.17) is 0 Å². The summed E-state index contributed by atoms with van der Waals surface area (Å²) in [6, 6.07) is 0.708. The summed E-state index contributed by atoms with van der Waals surface area (Å²) in [5.41, 5.74) is -0.695. The van der Waals surface area contributed by atoms with Gasteiger partial charge in [0, 0.05) is 12.1 Å². The van der Waals surface area contributed by atoms with Crippen LogP contribution >= 0.6 is 0 Å². The Morgan fingerprint density at radius 1 is 1.25 bits per heavy atom.